The van der Waals surface area contributed by atoms with E-state index in [0.29, 0.717) is 17.9 Å². The summed E-state index contributed by atoms with van der Waals surface area (Å²) in [6.07, 6.45) is -0.775. The maximum atomic E-state index is 12.0. The minimum atomic E-state index is -0.775. The average Bonchev–Trinajstić information content (AvgIpc) is 2.58. The Hall–Kier alpha value is -2.37. The van der Waals surface area contributed by atoms with Gasteiger partial charge in [-0.1, -0.05) is 24.3 Å². The lowest BCUT2D eigenvalue weighted by atomic mass is 10.1. The average molecular weight is 314 g/mol. The van der Waals surface area contributed by atoms with E-state index in [1.54, 1.807) is 12.1 Å². The third kappa shape index (κ3) is 5.39. The lowest BCUT2D eigenvalue weighted by Crippen LogP contribution is -2.35. The Bertz CT molecular complexity index is 641. The van der Waals surface area contributed by atoms with Crippen LogP contribution in [0.15, 0.2) is 48.5 Å². The summed E-state index contributed by atoms with van der Waals surface area (Å²) in [5, 5.41) is 12.6. The first-order chi connectivity index (χ1) is 11.1. The highest BCUT2D eigenvalue weighted by atomic mass is 16.5. The Balaban J connectivity index is 1.76. The van der Waals surface area contributed by atoms with Crippen LogP contribution >= 0.6 is 0 Å². The van der Waals surface area contributed by atoms with Crippen molar-refractivity contribution in [2.24, 2.45) is 5.73 Å². The number of ether oxygens (including phenoxy) is 1. The second-order valence-corrected chi connectivity index (χ2v) is 5.39. The van der Waals surface area contributed by atoms with Gasteiger partial charge < -0.3 is 20.9 Å². The molecule has 0 aliphatic rings. The van der Waals surface area contributed by atoms with Crippen LogP contribution in [0.3, 0.4) is 0 Å². The lowest BCUT2D eigenvalue weighted by molar-refractivity contribution is 0.0843. The van der Waals surface area contributed by atoms with E-state index in [4.69, 9.17) is 10.5 Å². The van der Waals surface area contributed by atoms with Crippen molar-refractivity contribution in [2.75, 3.05) is 13.2 Å². The molecule has 5 nitrogen and oxygen atoms in total. The molecule has 0 aromatic heterocycles. The number of nitrogens with two attached hydrogens (primary N) is 1. The normalized spacial score (nSPS) is 11.8. The Kier molecular flexibility index (Phi) is 6.14. The molecule has 0 saturated carbocycles. The summed E-state index contributed by atoms with van der Waals surface area (Å²) in [7, 11) is 0. The monoisotopic (exact) mass is 314 g/mol. The number of nitrogens with one attached hydrogen (secondary N) is 1. The summed E-state index contributed by atoms with van der Waals surface area (Å²) in [5.74, 6) is 0.468. The van der Waals surface area contributed by atoms with Crippen molar-refractivity contribution in [1.82, 2.24) is 5.32 Å². The second kappa shape index (κ2) is 8.31. The first-order valence-electron chi connectivity index (χ1n) is 7.53. The molecule has 23 heavy (non-hydrogen) atoms. The third-order valence-corrected chi connectivity index (χ3v) is 3.38. The first-order valence-corrected chi connectivity index (χ1v) is 7.53. The van der Waals surface area contributed by atoms with E-state index in [9.17, 15) is 9.90 Å². The highest BCUT2D eigenvalue weighted by molar-refractivity contribution is 5.94. The van der Waals surface area contributed by atoms with Crippen LogP contribution in [0.5, 0.6) is 5.75 Å². The molecule has 0 aliphatic carbocycles. The Morgan fingerprint density at radius 2 is 2.00 bits per heavy atom. The van der Waals surface area contributed by atoms with Gasteiger partial charge >= 0.3 is 0 Å². The van der Waals surface area contributed by atoms with Crippen molar-refractivity contribution in [1.29, 1.82) is 0 Å². The molecule has 2 rings (SSSR count). The molecular weight excluding hydrogens is 292 g/mol. The number of hydrogen-bond acceptors (Lipinski definition) is 4. The fourth-order valence-electron chi connectivity index (χ4n) is 2.06. The van der Waals surface area contributed by atoms with E-state index in [-0.39, 0.29) is 19.1 Å². The summed E-state index contributed by atoms with van der Waals surface area (Å²) in [5.41, 5.74) is 8.11. The van der Waals surface area contributed by atoms with Crippen molar-refractivity contribution in [3.8, 4) is 5.75 Å². The largest absolute Gasteiger partial charge is 0.491 e. The van der Waals surface area contributed by atoms with Crippen LogP contribution in [0.2, 0.25) is 0 Å². The summed E-state index contributed by atoms with van der Waals surface area (Å²) in [6, 6.07) is 14.6. The van der Waals surface area contributed by atoms with Gasteiger partial charge in [0, 0.05) is 18.7 Å². The number of carbonyl (C=O) groups is 1. The summed E-state index contributed by atoms with van der Waals surface area (Å²) in [6.45, 7) is 2.66. The van der Waals surface area contributed by atoms with E-state index in [1.807, 2.05) is 43.3 Å². The van der Waals surface area contributed by atoms with Crippen LogP contribution in [-0.2, 0) is 6.54 Å². The van der Waals surface area contributed by atoms with E-state index in [2.05, 4.69) is 5.32 Å². The van der Waals surface area contributed by atoms with Gasteiger partial charge in [0.05, 0.1) is 0 Å². The Morgan fingerprint density at radius 3 is 2.65 bits per heavy atom. The number of rotatable bonds is 7. The van der Waals surface area contributed by atoms with E-state index < -0.39 is 6.10 Å². The Morgan fingerprint density at radius 1 is 1.26 bits per heavy atom. The molecule has 0 fully saturated rings. The maximum absolute atomic E-state index is 12.0. The van der Waals surface area contributed by atoms with Gasteiger partial charge in [0.15, 0.2) is 0 Å². The van der Waals surface area contributed by atoms with Crippen LogP contribution in [0.4, 0.5) is 0 Å². The number of amides is 1. The number of aliphatic hydroxyl groups is 1. The van der Waals surface area contributed by atoms with Gasteiger partial charge in [-0.2, -0.15) is 0 Å². The molecular formula is C18H22N2O3. The summed E-state index contributed by atoms with van der Waals surface area (Å²) < 4.78 is 5.50. The predicted octanol–water partition coefficient (Wildman–Crippen LogP) is 1.62. The number of aryl methyl sites for hydroxylation is 1. The SMILES string of the molecule is Cc1cccc(OCC(O)CNC(=O)c2ccc(CN)cc2)c1. The molecule has 2 aromatic rings. The quantitative estimate of drug-likeness (QED) is 0.725. The smallest absolute Gasteiger partial charge is 0.251 e. The molecule has 1 unspecified atom stereocenters. The molecule has 0 spiro atoms. The van der Waals surface area contributed by atoms with E-state index in [0.717, 1.165) is 11.1 Å². The summed E-state index contributed by atoms with van der Waals surface area (Å²) in [4.78, 5) is 12.0. The fourth-order valence-corrected chi connectivity index (χ4v) is 2.06. The topological polar surface area (TPSA) is 84.6 Å². The van der Waals surface area contributed by atoms with E-state index >= 15 is 0 Å². The molecule has 0 saturated heterocycles. The molecule has 4 N–H and O–H groups in total. The van der Waals surface area contributed by atoms with Crippen LogP contribution in [0, 0.1) is 6.92 Å². The Labute approximate surface area is 136 Å². The number of carbonyl (C=O) groups excluding carboxylic acids is 1. The molecule has 5 heteroatoms. The molecule has 1 amide bonds. The zero-order valence-electron chi connectivity index (χ0n) is 13.2. The van der Waals surface area contributed by atoms with Crippen molar-refractivity contribution in [3.63, 3.8) is 0 Å². The fraction of sp³-hybridized carbons (Fsp3) is 0.278. The molecule has 1 atom stereocenters. The van der Waals surface area contributed by atoms with Gasteiger partial charge in [0.2, 0.25) is 0 Å². The predicted molar refractivity (Wildman–Crippen MR) is 89.3 cm³/mol. The second-order valence-electron chi connectivity index (χ2n) is 5.39. The molecule has 2 aromatic carbocycles. The van der Waals surface area contributed by atoms with E-state index in [1.165, 1.54) is 0 Å². The minimum absolute atomic E-state index is 0.121. The zero-order valence-corrected chi connectivity index (χ0v) is 13.2. The van der Waals surface area contributed by atoms with Crippen molar-refractivity contribution in [2.45, 2.75) is 19.6 Å². The molecule has 0 heterocycles. The van der Waals surface area contributed by atoms with Gasteiger partial charge in [-0.25, -0.2) is 0 Å². The number of benzene rings is 2. The molecule has 0 radical (unpaired) electrons. The van der Waals surface area contributed by atoms with Crippen molar-refractivity contribution >= 4 is 5.91 Å². The third-order valence-electron chi connectivity index (χ3n) is 3.38. The number of aliphatic hydroxyl groups excluding tert-OH is 1. The molecule has 0 aliphatic heterocycles. The molecule has 0 bridgehead atoms. The summed E-state index contributed by atoms with van der Waals surface area (Å²) >= 11 is 0. The van der Waals surface area contributed by atoms with Gasteiger partial charge in [-0.3, -0.25) is 4.79 Å². The maximum Gasteiger partial charge on any atom is 0.251 e. The first kappa shape index (κ1) is 17.0. The highest BCUT2D eigenvalue weighted by Crippen LogP contribution is 2.12. The van der Waals surface area contributed by atoms with Gasteiger partial charge in [0.25, 0.3) is 5.91 Å². The molecule has 122 valence electrons. The van der Waals surface area contributed by atoms with Crippen LogP contribution in [0.1, 0.15) is 21.5 Å². The van der Waals surface area contributed by atoms with Crippen LogP contribution < -0.4 is 15.8 Å². The van der Waals surface area contributed by atoms with Gasteiger partial charge in [0.1, 0.15) is 18.5 Å². The van der Waals surface area contributed by atoms with Crippen LogP contribution in [0.25, 0.3) is 0 Å². The zero-order chi connectivity index (χ0) is 16.7. The minimum Gasteiger partial charge on any atom is -0.491 e. The lowest BCUT2D eigenvalue weighted by Gasteiger charge is -2.13. The van der Waals surface area contributed by atoms with Crippen molar-refractivity contribution in [3.05, 3.63) is 65.2 Å². The van der Waals surface area contributed by atoms with Crippen LogP contribution in [-0.4, -0.2) is 30.3 Å². The van der Waals surface area contributed by atoms with Gasteiger partial charge in [-0.05, 0) is 42.3 Å². The van der Waals surface area contributed by atoms with Gasteiger partial charge in [-0.15, -0.1) is 0 Å². The highest BCUT2D eigenvalue weighted by Gasteiger charge is 2.10. The standard InChI is InChI=1S/C18H22N2O3/c1-13-3-2-4-17(9-13)23-12-16(21)11-20-18(22)15-7-5-14(10-19)6-8-15/h2-9,16,21H,10-12,19H2,1H3,(H,20,22). The van der Waals surface area contributed by atoms with Crippen molar-refractivity contribution < 1.29 is 14.6 Å². The number of hydrogen-bond donors (Lipinski definition) is 3.